The van der Waals surface area contributed by atoms with Crippen LogP contribution < -0.4 is 15.0 Å². The Morgan fingerprint density at radius 2 is 1.68 bits per heavy atom. The monoisotopic (exact) mass is 762 g/mol. The molecular weight excluding hydrogens is 715 g/mol. The number of halogens is 2. The molecule has 292 valence electrons. The number of phenols is 1. The van der Waals surface area contributed by atoms with Crippen molar-refractivity contribution < 1.29 is 33.3 Å². The van der Waals surface area contributed by atoms with Crippen LogP contribution in [0, 0.1) is 11.6 Å². The van der Waals surface area contributed by atoms with Gasteiger partial charge in [0.05, 0.1) is 24.8 Å². The highest BCUT2D eigenvalue weighted by molar-refractivity contribution is 6.02. The number of phenolic OH excluding ortho intramolecular Hbond substituents is 1. The van der Waals surface area contributed by atoms with Gasteiger partial charge in [-0.3, -0.25) is 14.5 Å². The van der Waals surface area contributed by atoms with E-state index in [-0.39, 0.29) is 35.2 Å². The number of hydrogen-bond acceptors (Lipinski definition) is 7. The Hall–Kier alpha value is -5.26. The molecule has 4 aromatic rings. The van der Waals surface area contributed by atoms with Gasteiger partial charge < -0.3 is 30.1 Å². The predicted molar refractivity (Wildman–Crippen MR) is 210 cm³/mol. The molecule has 0 radical (unpaired) electrons. The van der Waals surface area contributed by atoms with E-state index in [9.17, 15) is 19.8 Å². The lowest BCUT2D eigenvalue weighted by molar-refractivity contribution is -0.126. The second-order valence-corrected chi connectivity index (χ2v) is 15.5. The van der Waals surface area contributed by atoms with E-state index in [1.807, 2.05) is 24.3 Å². The minimum Gasteiger partial charge on any atom is -0.508 e. The van der Waals surface area contributed by atoms with Gasteiger partial charge in [-0.15, -0.1) is 0 Å². The molecule has 1 aliphatic carbocycles. The van der Waals surface area contributed by atoms with Crippen molar-refractivity contribution in [2.45, 2.75) is 69.1 Å². The normalized spacial score (nSPS) is 21.8. The van der Waals surface area contributed by atoms with Gasteiger partial charge in [0, 0.05) is 49.9 Å². The van der Waals surface area contributed by atoms with Crippen LogP contribution in [0.4, 0.5) is 14.5 Å². The third-order valence-corrected chi connectivity index (χ3v) is 12.0. The fourth-order valence-corrected chi connectivity index (χ4v) is 9.09. The lowest BCUT2D eigenvalue weighted by Crippen LogP contribution is -2.49. The number of aliphatic hydroxyl groups is 1. The highest BCUT2D eigenvalue weighted by Gasteiger charge is 2.41. The Labute approximate surface area is 326 Å². The predicted octanol–water partition coefficient (Wildman–Crippen LogP) is 6.62. The first-order valence-corrected chi connectivity index (χ1v) is 19.7. The van der Waals surface area contributed by atoms with Crippen LogP contribution in [0.2, 0.25) is 0 Å². The second-order valence-electron chi connectivity index (χ2n) is 15.5. The number of rotatable bonds is 11. The summed E-state index contributed by atoms with van der Waals surface area (Å²) >= 11 is 0. The van der Waals surface area contributed by atoms with Crippen LogP contribution >= 0.6 is 0 Å². The lowest BCUT2D eigenvalue weighted by Gasteiger charge is -2.37. The van der Waals surface area contributed by atoms with E-state index in [0.717, 1.165) is 24.7 Å². The number of anilines is 1. The SMILES string of the molecule is C=C1CCC(N2Cc3c(cc(F)c(N4CCN(CC(O)CCCOc5ccc([C@@H]6c7ccc(O)cc7CC[C@@H]6c6ccccc6)cc5)CC4)c3F)C2=O)C(=O)N1. The summed E-state index contributed by atoms with van der Waals surface area (Å²) < 4.78 is 37.4. The topological polar surface area (TPSA) is 106 Å². The Morgan fingerprint density at radius 3 is 2.43 bits per heavy atom. The first-order valence-electron chi connectivity index (χ1n) is 19.7. The molecule has 56 heavy (non-hydrogen) atoms. The van der Waals surface area contributed by atoms with Crippen molar-refractivity contribution in [3.05, 3.63) is 136 Å². The molecule has 9 nitrogen and oxygen atoms in total. The molecule has 3 aliphatic heterocycles. The number of piperidine rings is 1. The number of piperazine rings is 1. The molecule has 4 aromatic carbocycles. The van der Waals surface area contributed by atoms with E-state index in [1.54, 1.807) is 11.0 Å². The minimum absolute atomic E-state index is 0.0335. The molecule has 3 heterocycles. The number of ether oxygens (including phenoxy) is 1. The largest absolute Gasteiger partial charge is 0.508 e. The summed E-state index contributed by atoms with van der Waals surface area (Å²) in [5.74, 6) is -0.895. The zero-order chi connectivity index (χ0) is 38.9. The van der Waals surface area contributed by atoms with E-state index < -0.39 is 29.7 Å². The van der Waals surface area contributed by atoms with Crippen LogP contribution in [0.5, 0.6) is 11.5 Å². The lowest BCUT2D eigenvalue weighted by atomic mass is 9.69. The number of carbonyl (C=O) groups is 2. The van der Waals surface area contributed by atoms with Crippen molar-refractivity contribution in [2.24, 2.45) is 0 Å². The maximum absolute atomic E-state index is 15.9. The average Bonchev–Trinajstić information content (AvgIpc) is 3.52. The molecule has 2 saturated heterocycles. The Balaban J connectivity index is 0.812. The van der Waals surface area contributed by atoms with Gasteiger partial charge in [0.1, 0.15) is 29.0 Å². The van der Waals surface area contributed by atoms with Gasteiger partial charge in [0.15, 0.2) is 5.82 Å². The number of carbonyl (C=O) groups excluding carboxylic acids is 2. The first-order chi connectivity index (χ1) is 27.1. The van der Waals surface area contributed by atoms with Crippen LogP contribution in [0.3, 0.4) is 0 Å². The third kappa shape index (κ3) is 7.62. The van der Waals surface area contributed by atoms with E-state index in [2.05, 4.69) is 59.3 Å². The molecule has 4 aliphatic rings. The van der Waals surface area contributed by atoms with Gasteiger partial charge >= 0.3 is 0 Å². The number of aliphatic hydroxyl groups excluding tert-OH is 1. The fraction of sp³-hybridized carbons (Fsp3) is 0.378. The number of aryl methyl sites for hydroxylation is 1. The molecule has 11 heteroatoms. The molecule has 0 spiro atoms. The van der Waals surface area contributed by atoms with Crippen molar-refractivity contribution in [1.29, 1.82) is 0 Å². The number of nitrogens with one attached hydrogen (secondary N) is 1. The number of benzene rings is 4. The van der Waals surface area contributed by atoms with Gasteiger partial charge in [-0.25, -0.2) is 8.78 Å². The highest BCUT2D eigenvalue weighted by atomic mass is 19.1. The summed E-state index contributed by atoms with van der Waals surface area (Å²) in [7, 11) is 0. The first kappa shape index (κ1) is 37.7. The molecule has 4 atom stereocenters. The summed E-state index contributed by atoms with van der Waals surface area (Å²) in [6.45, 7) is 6.36. The number of allylic oxidation sites excluding steroid dienone is 1. The van der Waals surface area contributed by atoms with Gasteiger partial charge in [-0.05, 0) is 97.0 Å². The van der Waals surface area contributed by atoms with Crippen molar-refractivity contribution in [3.63, 3.8) is 0 Å². The minimum atomic E-state index is -0.794. The highest BCUT2D eigenvalue weighted by Crippen LogP contribution is 2.47. The number of nitrogens with zero attached hydrogens (tertiary/aromatic N) is 3. The summed E-state index contributed by atoms with van der Waals surface area (Å²) in [4.78, 5) is 30.8. The maximum atomic E-state index is 15.9. The summed E-state index contributed by atoms with van der Waals surface area (Å²) in [5.41, 5.74) is 5.47. The second kappa shape index (κ2) is 16.1. The van der Waals surface area contributed by atoms with E-state index >= 15 is 8.78 Å². The number of amides is 2. The van der Waals surface area contributed by atoms with Crippen molar-refractivity contribution in [2.75, 3.05) is 44.2 Å². The Kier molecular flexibility index (Phi) is 10.8. The van der Waals surface area contributed by atoms with Gasteiger partial charge in [-0.1, -0.05) is 55.1 Å². The van der Waals surface area contributed by atoms with Crippen LogP contribution in [-0.2, 0) is 17.8 Å². The van der Waals surface area contributed by atoms with Gasteiger partial charge in [-0.2, -0.15) is 0 Å². The van der Waals surface area contributed by atoms with E-state index in [1.165, 1.54) is 27.2 Å². The van der Waals surface area contributed by atoms with Crippen molar-refractivity contribution in [3.8, 4) is 11.5 Å². The maximum Gasteiger partial charge on any atom is 0.255 e. The smallest absolute Gasteiger partial charge is 0.255 e. The van der Waals surface area contributed by atoms with Gasteiger partial charge in [0.25, 0.3) is 5.91 Å². The number of fused-ring (bicyclic) bond motifs is 2. The van der Waals surface area contributed by atoms with E-state index in [0.29, 0.717) is 82.4 Å². The zero-order valence-electron chi connectivity index (χ0n) is 31.4. The number of hydrogen-bond donors (Lipinski definition) is 3. The standard InChI is InChI=1S/C45H48F2N4O5/c1-28-9-18-40(44(54)48-28)51-27-38-37(45(51)55)25-39(46)43(42(38)47)50-21-19-49(20-22-50)26-33(53)8-5-23-56-34-14-10-30(11-15-34)41-35(29-6-3-2-4-7-29)16-12-31-24-32(52)13-17-36(31)41/h2-4,6-7,10-11,13-15,17,24-25,33,35,40-41,52-53H,1,5,8-9,12,16,18-23,26-27H2,(H,48,54)/t33?,35-,40?,41+/m1/s1. The third-order valence-electron chi connectivity index (χ3n) is 12.0. The molecule has 8 rings (SSSR count). The fourth-order valence-electron chi connectivity index (χ4n) is 9.09. The molecule has 0 bridgehead atoms. The molecule has 0 saturated carbocycles. The summed E-state index contributed by atoms with van der Waals surface area (Å²) in [6, 6.07) is 25.0. The molecular formula is C45H48F2N4O5. The Morgan fingerprint density at radius 1 is 0.911 bits per heavy atom. The van der Waals surface area contributed by atoms with Crippen LogP contribution in [0.15, 0.2) is 91.1 Å². The average molecular weight is 763 g/mol. The molecule has 3 N–H and O–H groups in total. The van der Waals surface area contributed by atoms with Crippen molar-refractivity contribution in [1.82, 2.24) is 15.1 Å². The number of aromatic hydroxyl groups is 1. The molecule has 2 unspecified atom stereocenters. The molecule has 2 amide bonds. The Bertz CT molecular complexity index is 2100. The zero-order valence-corrected chi connectivity index (χ0v) is 31.4. The van der Waals surface area contributed by atoms with Crippen LogP contribution in [0.25, 0.3) is 0 Å². The quantitative estimate of drug-likeness (QED) is 0.148. The van der Waals surface area contributed by atoms with Crippen LogP contribution in [-0.4, -0.2) is 83.3 Å². The van der Waals surface area contributed by atoms with Crippen molar-refractivity contribution >= 4 is 17.5 Å². The molecule has 0 aromatic heterocycles. The molecule has 2 fully saturated rings. The van der Waals surface area contributed by atoms with Gasteiger partial charge in [0.2, 0.25) is 5.91 Å². The number of β-amino-alcohol motifs (C(OH)–C–C–N with tert-alkyl or cyclic N) is 1. The summed E-state index contributed by atoms with van der Waals surface area (Å²) in [5, 5.41) is 23.7. The van der Waals surface area contributed by atoms with E-state index in [4.69, 9.17) is 4.74 Å². The van der Waals surface area contributed by atoms with Crippen LogP contribution in [0.1, 0.15) is 82.1 Å². The summed E-state index contributed by atoms with van der Waals surface area (Å²) in [6.07, 6.45) is 3.46.